The number of hydrogen-bond donors (Lipinski definition) is 1. The quantitative estimate of drug-likeness (QED) is 0.669. The first-order valence-corrected chi connectivity index (χ1v) is 6.78. The van der Waals surface area contributed by atoms with E-state index in [1.807, 2.05) is 0 Å². The van der Waals surface area contributed by atoms with Crippen molar-refractivity contribution in [3.05, 3.63) is 0 Å². The number of ether oxygens (including phenoxy) is 1. The molecule has 6 nitrogen and oxygen atoms in total. The number of carbonyl (C=O) groups is 1. The van der Waals surface area contributed by atoms with Gasteiger partial charge in [0.25, 0.3) is 0 Å². The molecule has 0 bridgehead atoms. The highest BCUT2D eigenvalue weighted by atomic mass is 32.2. The zero-order chi connectivity index (χ0) is 13.0. The summed E-state index contributed by atoms with van der Waals surface area (Å²) < 4.78 is 28.6. The van der Waals surface area contributed by atoms with Crippen LogP contribution in [0.3, 0.4) is 0 Å². The molecule has 0 saturated carbocycles. The van der Waals surface area contributed by atoms with E-state index in [-0.39, 0.29) is 19.6 Å². The summed E-state index contributed by atoms with van der Waals surface area (Å²) in [6, 6.07) is 0. The van der Waals surface area contributed by atoms with Crippen LogP contribution < -0.4 is 5.73 Å². The second-order valence-electron chi connectivity index (χ2n) is 4.47. The predicted octanol–water partition coefficient (Wildman–Crippen LogP) is -0.452. The van der Waals surface area contributed by atoms with Crippen molar-refractivity contribution in [2.24, 2.45) is 5.73 Å². The molecule has 0 radical (unpaired) electrons. The predicted molar refractivity (Wildman–Crippen MR) is 61.3 cm³/mol. The second-order valence-corrected chi connectivity index (χ2v) is 6.45. The molecule has 0 aliphatic heterocycles. The first-order valence-electron chi connectivity index (χ1n) is 4.93. The molecule has 0 aliphatic carbocycles. The Labute approximate surface area is 96.8 Å². The standard InChI is InChI=1S/C9H20N2O4S/c1-9(2,3)15-8(12)7-11(6-5-10)16(4,13)14/h5-7,10H2,1-4H3. The maximum absolute atomic E-state index is 11.4. The van der Waals surface area contributed by atoms with Crippen LogP contribution in [0.2, 0.25) is 0 Å². The van der Waals surface area contributed by atoms with Crippen molar-refractivity contribution in [1.29, 1.82) is 0 Å². The first-order chi connectivity index (χ1) is 7.06. The van der Waals surface area contributed by atoms with Gasteiger partial charge in [-0.15, -0.1) is 0 Å². The van der Waals surface area contributed by atoms with Crippen LogP contribution in [0.15, 0.2) is 0 Å². The number of esters is 1. The van der Waals surface area contributed by atoms with Crippen molar-refractivity contribution in [3.63, 3.8) is 0 Å². The van der Waals surface area contributed by atoms with Crippen LogP contribution in [-0.2, 0) is 19.6 Å². The van der Waals surface area contributed by atoms with Crippen LogP contribution in [0.4, 0.5) is 0 Å². The average Bonchev–Trinajstić information content (AvgIpc) is 1.97. The molecule has 0 heterocycles. The minimum atomic E-state index is -3.43. The topological polar surface area (TPSA) is 89.7 Å². The first kappa shape index (κ1) is 15.3. The molecule has 0 saturated heterocycles. The number of nitrogens with two attached hydrogens (primary N) is 1. The number of nitrogens with zero attached hydrogens (tertiary/aromatic N) is 1. The Morgan fingerprint density at radius 1 is 1.38 bits per heavy atom. The van der Waals surface area contributed by atoms with Crippen molar-refractivity contribution < 1.29 is 17.9 Å². The molecular formula is C9H20N2O4S. The summed E-state index contributed by atoms with van der Waals surface area (Å²) in [5.74, 6) is -0.577. The molecule has 0 aromatic rings. The average molecular weight is 252 g/mol. The third kappa shape index (κ3) is 6.76. The lowest BCUT2D eigenvalue weighted by molar-refractivity contribution is -0.154. The van der Waals surface area contributed by atoms with E-state index in [4.69, 9.17) is 10.5 Å². The zero-order valence-electron chi connectivity index (χ0n) is 10.2. The van der Waals surface area contributed by atoms with Crippen LogP contribution in [0, 0.1) is 0 Å². The summed E-state index contributed by atoms with van der Waals surface area (Å²) >= 11 is 0. The summed E-state index contributed by atoms with van der Waals surface area (Å²) in [5.41, 5.74) is 4.65. The van der Waals surface area contributed by atoms with Crippen LogP contribution in [0.25, 0.3) is 0 Å². The Bertz CT molecular complexity index is 332. The molecular weight excluding hydrogens is 232 g/mol. The molecule has 0 aromatic carbocycles. The molecule has 16 heavy (non-hydrogen) atoms. The van der Waals surface area contributed by atoms with Gasteiger partial charge >= 0.3 is 5.97 Å². The van der Waals surface area contributed by atoms with E-state index in [2.05, 4.69) is 0 Å². The molecule has 0 fully saturated rings. The largest absolute Gasteiger partial charge is 0.459 e. The summed E-state index contributed by atoms with van der Waals surface area (Å²) in [6.45, 7) is 5.14. The Balaban J connectivity index is 4.48. The van der Waals surface area contributed by atoms with Gasteiger partial charge in [0.2, 0.25) is 10.0 Å². The summed E-state index contributed by atoms with van der Waals surface area (Å²) in [7, 11) is -3.43. The summed E-state index contributed by atoms with van der Waals surface area (Å²) in [4.78, 5) is 11.4. The highest BCUT2D eigenvalue weighted by Gasteiger charge is 2.23. The molecule has 96 valence electrons. The van der Waals surface area contributed by atoms with Gasteiger partial charge in [-0.05, 0) is 20.8 Å². The van der Waals surface area contributed by atoms with Crippen molar-refractivity contribution >= 4 is 16.0 Å². The SMILES string of the molecule is CC(C)(C)OC(=O)CN(CCN)S(C)(=O)=O. The maximum atomic E-state index is 11.4. The van der Waals surface area contributed by atoms with Gasteiger partial charge in [-0.1, -0.05) is 0 Å². The van der Waals surface area contributed by atoms with E-state index in [0.29, 0.717) is 0 Å². The van der Waals surface area contributed by atoms with E-state index in [1.165, 1.54) is 0 Å². The van der Waals surface area contributed by atoms with Gasteiger partial charge in [0, 0.05) is 13.1 Å². The van der Waals surface area contributed by atoms with Gasteiger partial charge in [-0.25, -0.2) is 8.42 Å². The Morgan fingerprint density at radius 2 is 1.88 bits per heavy atom. The van der Waals surface area contributed by atoms with Crippen molar-refractivity contribution in [2.45, 2.75) is 26.4 Å². The zero-order valence-corrected chi connectivity index (χ0v) is 11.0. The molecule has 0 aromatic heterocycles. The highest BCUT2D eigenvalue weighted by molar-refractivity contribution is 7.88. The fraction of sp³-hybridized carbons (Fsp3) is 0.889. The fourth-order valence-electron chi connectivity index (χ4n) is 1.02. The van der Waals surface area contributed by atoms with E-state index >= 15 is 0 Å². The molecule has 0 spiro atoms. The van der Waals surface area contributed by atoms with E-state index in [1.54, 1.807) is 20.8 Å². The Morgan fingerprint density at radius 3 is 2.19 bits per heavy atom. The van der Waals surface area contributed by atoms with Crippen LogP contribution in [0.1, 0.15) is 20.8 Å². The molecule has 0 rings (SSSR count). The maximum Gasteiger partial charge on any atom is 0.321 e. The smallest absolute Gasteiger partial charge is 0.321 e. The monoisotopic (exact) mass is 252 g/mol. The number of hydrogen-bond acceptors (Lipinski definition) is 5. The van der Waals surface area contributed by atoms with Crippen molar-refractivity contribution in [2.75, 3.05) is 25.9 Å². The molecule has 0 unspecified atom stereocenters. The van der Waals surface area contributed by atoms with Gasteiger partial charge in [0.1, 0.15) is 12.1 Å². The lowest BCUT2D eigenvalue weighted by Gasteiger charge is -2.23. The number of sulfonamides is 1. The van der Waals surface area contributed by atoms with Crippen molar-refractivity contribution in [1.82, 2.24) is 4.31 Å². The number of rotatable bonds is 5. The number of carbonyl (C=O) groups excluding carboxylic acids is 1. The van der Waals surface area contributed by atoms with Crippen LogP contribution in [-0.4, -0.2) is 50.2 Å². The Kier molecular flexibility index (Phi) is 5.37. The lowest BCUT2D eigenvalue weighted by atomic mass is 10.2. The minimum Gasteiger partial charge on any atom is -0.459 e. The van der Waals surface area contributed by atoms with E-state index in [0.717, 1.165) is 10.6 Å². The third-order valence-corrected chi connectivity index (χ3v) is 2.82. The molecule has 0 amide bonds. The molecule has 0 aliphatic rings. The normalized spacial score (nSPS) is 12.9. The minimum absolute atomic E-state index is 0.109. The van der Waals surface area contributed by atoms with E-state index in [9.17, 15) is 13.2 Å². The molecule has 0 atom stereocenters. The summed E-state index contributed by atoms with van der Waals surface area (Å²) in [5, 5.41) is 0. The fourth-order valence-corrected chi connectivity index (χ4v) is 1.80. The van der Waals surface area contributed by atoms with Gasteiger partial charge in [0.15, 0.2) is 0 Å². The third-order valence-electron chi connectivity index (χ3n) is 1.57. The lowest BCUT2D eigenvalue weighted by Crippen LogP contribution is -2.40. The van der Waals surface area contributed by atoms with E-state index < -0.39 is 21.6 Å². The van der Waals surface area contributed by atoms with Gasteiger partial charge < -0.3 is 10.5 Å². The molecule has 2 N–H and O–H groups in total. The molecule has 7 heteroatoms. The van der Waals surface area contributed by atoms with Crippen molar-refractivity contribution in [3.8, 4) is 0 Å². The summed E-state index contributed by atoms with van der Waals surface area (Å²) in [6.07, 6.45) is 1.03. The highest BCUT2D eigenvalue weighted by Crippen LogP contribution is 2.08. The van der Waals surface area contributed by atoms with Crippen LogP contribution >= 0.6 is 0 Å². The van der Waals surface area contributed by atoms with Gasteiger partial charge in [0.05, 0.1) is 6.26 Å². The second kappa shape index (κ2) is 5.60. The van der Waals surface area contributed by atoms with Gasteiger partial charge in [-0.2, -0.15) is 4.31 Å². The Hall–Kier alpha value is -0.660. The van der Waals surface area contributed by atoms with Gasteiger partial charge in [-0.3, -0.25) is 4.79 Å². The van der Waals surface area contributed by atoms with Crippen LogP contribution in [0.5, 0.6) is 0 Å².